The van der Waals surface area contributed by atoms with E-state index in [4.69, 9.17) is 0 Å². The fourth-order valence-corrected chi connectivity index (χ4v) is 2.15. The lowest BCUT2D eigenvalue weighted by molar-refractivity contribution is 0.251. The molecule has 1 heterocycles. The van der Waals surface area contributed by atoms with Crippen molar-refractivity contribution in [2.75, 3.05) is 5.32 Å². The standard InChI is InChI=1S/C17H16FN5O/c18-15-5-7-16(8-6-15)22-17(24)20-9-13-1-3-14(4-2-13)10-23-12-19-11-21-23/h1-8,11-12H,9-10H2,(H2,20,22,24). The molecule has 3 rings (SSSR count). The molecule has 3 aromatic rings. The first-order chi connectivity index (χ1) is 11.7. The van der Waals surface area contributed by atoms with Crippen molar-refractivity contribution in [3.63, 3.8) is 0 Å². The molecular weight excluding hydrogens is 309 g/mol. The summed E-state index contributed by atoms with van der Waals surface area (Å²) < 4.78 is 14.5. The molecule has 1 aromatic heterocycles. The van der Waals surface area contributed by atoms with E-state index in [0.717, 1.165) is 11.1 Å². The fraction of sp³-hybridized carbons (Fsp3) is 0.118. The second kappa shape index (κ2) is 7.36. The number of hydrogen-bond donors (Lipinski definition) is 2. The Bertz CT molecular complexity index is 785. The van der Waals surface area contributed by atoms with Gasteiger partial charge in [-0.05, 0) is 35.4 Å². The van der Waals surface area contributed by atoms with Crippen molar-refractivity contribution in [3.8, 4) is 0 Å². The maximum absolute atomic E-state index is 12.8. The van der Waals surface area contributed by atoms with Gasteiger partial charge in [-0.3, -0.25) is 0 Å². The Morgan fingerprint density at radius 2 is 1.75 bits per heavy atom. The van der Waals surface area contributed by atoms with Crippen LogP contribution in [0, 0.1) is 5.82 Å². The van der Waals surface area contributed by atoms with Crippen LogP contribution in [0.2, 0.25) is 0 Å². The molecule has 0 radical (unpaired) electrons. The number of carbonyl (C=O) groups is 1. The van der Waals surface area contributed by atoms with Gasteiger partial charge in [0.25, 0.3) is 0 Å². The molecule has 0 aliphatic rings. The summed E-state index contributed by atoms with van der Waals surface area (Å²) in [6.45, 7) is 1.05. The van der Waals surface area contributed by atoms with E-state index >= 15 is 0 Å². The summed E-state index contributed by atoms with van der Waals surface area (Å²) in [4.78, 5) is 15.7. The Morgan fingerprint density at radius 1 is 1.04 bits per heavy atom. The van der Waals surface area contributed by atoms with Crippen molar-refractivity contribution in [1.29, 1.82) is 0 Å². The molecule has 0 saturated carbocycles. The van der Waals surface area contributed by atoms with Gasteiger partial charge in [0.15, 0.2) is 0 Å². The molecule has 0 atom stereocenters. The quantitative estimate of drug-likeness (QED) is 0.758. The molecule has 0 fully saturated rings. The molecule has 0 aliphatic heterocycles. The fourth-order valence-electron chi connectivity index (χ4n) is 2.15. The number of nitrogens with one attached hydrogen (secondary N) is 2. The van der Waals surface area contributed by atoms with Crippen molar-refractivity contribution in [1.82, 2.24) is 20.1 Å². The number of halogens is 1. The van der Waals surface area contributed by atoms with Crippen LogP contribution in [0.15, 0.2) is 61.2 Å². The minimum atomic E-state index is -0.341. The highest BCUT2D eigenvalue weighted by molar-refractivity contribution is 5.89. The molecule has 2 amide bonds. The van der Waals surface area contributed by atoms with Gasteiger partial charge in [0.05, 0.1) is 6.54 Å². The average molecular weight is 325 g/mol. The monoisotopic (exact) mass is 325 g/mol. The summed E-state index contributed by atoms with van der Waals surface area (Å²) in [5, 5.41) is 9.46. The molecule has 0 unspecified atom stereocenters. The molecule has 2 N–H and O–H groups in total. The van der Waals surface area contributed by atoms with Crippen LogP contribution < -0.4 is 10.6 Å². The van der Waals surface area contributed by atoms with Crippen LogP contribution in [0.3, 0.4) is 0 Å². The zero-order valence-corrected chi connectivity index (χ0v) is 12.8. The Kier molecular flexibility index (Phi) is 4.81. The van der Waals surface area contributed by atoms with Crippen molar-refractivity contribution in [2.24, 2.45) is 0 Å². The van der Waals surface area contributed by atoms with Gasteiger partial charge in [-0.1, -0.05) is 24.3 Å². The topological polar surface area (TPSA) is 71.8 Å². The van der Waals surface area contributed by atoms with E-state index in [1.165, 1.54) is 30.6 Å². The third-order valence-electron chi connectivity index (χ3n) is 3.39. The molecule has 6 nitrogen and oxygen atoms in total. The van der Waals surface area contributed by atoms with Crippen molar-refractivity contribution in [3.05, 3.63) is 78.1 Å². The lowest BCUT2D eigenvalue weighted by Crippen LogP contribution is -2.28. The summed E-state index contributed by atoms with van der Waals surface area (Å²) in [6, 6.07) is 13.1. The smallest absolute Gasteiger partial charge is 0.319 e. The minimum Gasteiger partial charge on any atom is -0.334 e. The molecule has 7 heteroatoms. The second-order valence-corrected chi connectivity index (χ2v) is 5.22. The number of rotatable bonds is 5. The normalized spacial score (nSPS) is 10.4. The van der Waals surface area contributed by atoms with E-state index in [9.17, 15) is 9.18 Å². The van der Waals surface area contributed by atoms with E-state index in [2.05, 4.69) is 20.7 Å². The lowest BCUT2D eigenvalue weighted by atomic mass is 10.1. The van der Waals surface area contributed by atoms with Crippen LogP contribution in [0.1, 0.15) is 11.1 Å². The zero-order chi connectivity index (χ0) is 16.8. The molecule has 122 valence electrons. The van der Waals surface area contributed by atoms with Crippen molar-refractivity contribution >= 4 is 11.7 Å². The number of hydrogen-bond acceptors (Lipinski definition) is 3. The van der Waals surface area contributed by atoms with Gasteiger partial charge in [0, 0.05) is 12.2 Å². The summed E-state index contributed by atoms with van der Waals surface area (Å²) in [5.41, 5.74) is 2.61. The lowest BCUT2D eigenvalue weighted by Gasteiger charge is -2.08. The summed E-state index contributed by atoms with van der Waals surface area (Å²) in [5.74, 6) is -0.341. The average Bonchev–Trinajstić information content (AvgIpc) is 3.09. The van der Waals surface area contributed by atoms with E-state index in [1.807, 2.05) is 24.3 Å². The van der Waals surface area contributed by atoms with Gasteiger partial charge in [0.2, 0.25) is 0 Å². The van der Waals surface area contributed by atoms with Crippen molar-refractivity contribution < 1.29 is 9.18 Å². The number of nitrogens with zero attached hydrogens (tertiary/aromatic N) is 3. The summed E-state index contributed by atoms with van der Waals surface area (Å²) >= 11 is 0. The third kappa shape index (κ3) is 4.39. The van der Waals surface area contributed by atoms with Crippen LogP contribution in [0.25, 0.3) is 0 Å². The molecule has 2 aromatic carbocycles. The van der Waals surface area contributed by atoms with Crippen LogP contribution in [-0.4, -0.2) is 20.8 Å². The predicted molar refractivity (Wildman–Crippen MR) is 87.8 cm³/mol. The number of benzene rings is 2. The van der Waals surface area contributed by atoms with Gasteiger partial charge in [-0.25, -0.2) is 18.9 Å². The number of anilines is 1. The van der Waals surface area contributed by atoms with Gasteiger partial charge in [-0.15, -0.1) is 0 Å². The molecule has 0 bridgehead atoms. The molecule has 24 heavy (non-hydrogen) atoms. The van der Waals surface area contributed by atoms with Crippen molar-refractivity contribution in [2.45, 2.75) is 13.1 Å². The van der Waals surface area contributed by atoms with Crippen LogP contribution in [0.4, 0.5) is 14.9 Å². The maximum Gasteiger partial charge on any atom is 0.319 e. The number of carbonyl (C=O) groups excluding carboxylic acids is 1. The Hall–Kier alpha value is -3.22. The summed E-state index contributed by atoms with van der Waals surface area (Å²) in [6.07, 6.45) is 3.16. The van der Waals surface area contributed by atoms with Crippen LogP contribution >= 0.6 is 0 Å². The Morgan fingerprint density at radius 3 is 2.42 bits per heavy atom. The van der Waals surface area contributed by atoms with E-state index < -0.39 is 0 Å². The van der Waals surface area contributed by atoms with Gasteiger partial charge >= 0.3 is 6.03 Å². The van der Waals surface area contributed by atoms with E-state index in [0.29, 0.717) is 18.8 Å². The number of aromatic nitrogens is 3. The third-order valence-corrected chi connectivity index (χ3v) is 3.39. The first kappa shape index (κ1) is 15.7. The highest BCUT2D eigenvalue weighted by Crippen LogP contribution is 2.08. The Labute approximate surface area is 138 Å². The molecular formula is C17H16FN5O. The molecule has 0 aliphatic carbocycles. The SMILES string of the molecule is O=C(NCc1ccc(Cn2cncn2)cc1)Nc1ccc(F)cc1. The highest BCUT2D eigenvalue weighted by Gasteiger charge is 2.02. The zero-order valence-electron chi connectivity index (χ0n) is 12.8. The van der Waals surface area contributed by atoms with Crippen LogP contribution in [-0.2, 0) is 13.1 Å². The first-order valence-electron chi connectivity index (χ1n) is 7.40. The molecule has 0 saturated heterocycles. The van der Waals surface area contributed by atoms with E-state index in [1.54, 1.807) is 11.0 Å². The van der Waals surface area contributed by atoms with Gasteiger partial charge in [-0.2, -0.15) is 5.10 Å². The van der Waals surface area contributed by atoms with Gasteiger partial charge in [0.1, 0.15) is 18.5 Å². The van der Waals surface area contributed by atoms with Gasteiger partial charge < -0.3 is 10.6 Å². The summed E-state index contributed by atoms with van der Waals surface area (Å²) in [7, 11) is 0. The highest BCUT2D eigenvalue weighted by atomic mass is 19.1. The predicted octanol–water partition coefficient (Wildman–Crippen LogP) is 2.79. The number of amides is 2. The minimum absolute atomic E-state index is 0.340. The number of urea groups is 1. The Balaban J connectivity index is 1.49. The maximum atomic E-state index is 12.8. The largest absolute Gasteiger partial charge is 0.334 e. The second-order valence-electron chi connectivity index (χ2n) is 5.22. The first-order valence-corrected chi connectivity index (χ1v) is 7.40. The molecule has 0 spiro atoms. The van der Waals surface area contributed by atoms with Crippen LogP contribution in [0.5, 0.6) is 0 Å². The van der Waals surface area contributed by atoms with E-state index in [-0.39, 0.29) is 11.8 Å².